The lowest BCUT2D eigenvalue weighted by atomic mass is 9.95. The summed E-state index contributed by atoms with van der Waals surface area (Å²) in [5.41, 5.74) is 8.23. The van der Waals surface area contributed by atoms with E-state index in [1.54, 1.807) is 0 Å². The van der Waals surface area contributed by atoms with Gasteiger partial charge >= 0.3 is 0 Å². The van der Waals surface area contributed by atoms with Gasteiger partial charge in [0.25, 0.3) is 0 Å². The summed E-state index contributed by atoms with van der Waals surface area (Å²) < 4.78 is 5.78. The first kappa shape index (κ1) is 14.2. The van der Waals surface area contributed by atoms with E-state index in [9.17, 15) is 0 Å². The van der Waals surface area contributed by atoms with E-state index < -0.39 is 0 Å². The van der Waals surface area contributed by atoms with E-state index in [1.165, 1.54) is 5.56 Å². The predicted octanol–water partition coefficient (Wildman–Crippen LogP) is 2.21. The second-order valence-electron chi connectivity index (χ2n) is 6.03. The van der Waals surface area contributed by atoms with Crippen molar-refractivity contribution in [3.05, 3.63) is 35.7 Å². The van der Waals surface area contributed by atoms with Crippen LogP contribution in [0.2, 0.25) is 0 Å². The molecular weight excluding hydrogens is 264 g/mol. The van der Waals surface area contributed by atoms with E-state index in [1.807, 2.05) is 24.3 Å². The van der Waals surface area contributed by atoms with Crippen LogP contribution in [0.3, 0.4) is 0 Å². The van der Waals surface area contributed by atoms with E-state index in [2.05, 4.69) is 28.9 Å². The van der Waals surface area contributed by atoms with Crippen molar-refractivity contribution in [2.75, 3.05) is 13.1 Å². The Morgan fingerprint density at radius 1 is 1.29 bits per heavy atom. The molecule has 21 heavy (non-hydrogen) atoms. The summed E-state index contributed by atoms with van der Waals surface area (Å²) in [6, 6.07) is 8.43. The van der Waals surface area contributed by atoms with Gasteiger partial charge < -0.3 is 10.2 Å². The van der Waals surface area contributed by atoms with Crippen molar-refractivity contribution >= 4 is 0 Å². The van der Waals surface area contributed by atoms with Crippen molar-refractivity contribution in [2.45, 2.75) is 32.9 Å². The zero-order valence-corrected chi connectivity index (χ0v) is 12.6. The molecule has 0 aliphatic carbocycles. The number of hydrogen-bond acceptors (Lipinski definition) is 5. The van der Waals surface area contributed by atoms with Gasteiger partial charge in [-0.25, -0.2) is 0 Å². The van der Waals surface area contributed by atoms with Crippen LogP contribution in [-0.2, 0) is 6.54 Å². The van der Waals surface area contributed by atoms with Gasteiger partial charge in [0.05, 0.1) is 6.54 Å². The van der Waals surface area contributed by atoms with Gasteiger partial charge in [-0.3, -0.25) is 4.90 Å². The minimum atomic E-state index is 0.312. The average Bonchev–Trinajstić information content (AvgIpc) is 2.92. The molecule has 1 aliphatic heterocycles. The molecule has 1 fully saturated rings. The van der Waals surface area contributed by atoms with Gasteiger partial charge in [-0.15, -0.1) is 10.2 Å². The number of aryl methyl sites for hydroxylation is 1. The van der Waals surface area contributed by atoms with Crippen LogP contribution in [0, 0.1) is 12.8 Å². The molecular formula is C16H22N4O. The van der Waals surface area contributed by atoms with Gasteiger partial charge in [0.15, 0.2) is 0 Å². The second kappa shape index (κ2) is 5.95. The third-order valence-corrected chi connectivity index (χ3v) is 4.18. The molecule has 5 heteroatoms. The van der Waals surface area contributed by atoms with Crippen molar-refractivity contribution in [1.29, 1.82) is 0 Å². The first-order valence-electron chi connectivity index (χ1n) is 7.49. The van der Waals surface area contributed by atoms with Crippen molar-refractivity contribution in [1.82, 2.24) is 15.1 Å². The van der Waals surface area contributed by atoms with Crippen LogP contribution in [-0.4, -0.2) is 34.2 Å². The number of nitrogens with zero attached hydrogens (tertiary/aromatic N) is 3. The maximum absolute atomic E-state index is 6.05. The first-order valence-corrected chi connectivity index (χ1v) is 7.49. The number of aromatic nitrogens is 2. The molecule has 1 aromatic carbocycles. The highest BCUT2D eigenvalue weighted by Gasteiger charge is 2.24. The molecule has 3 rings (SSSR count). The van der Waals surface area contributed by atoms with Gasteiger partial charge in [-0.2, -0.15) is 0 Å². The van der Waals surface area contributed by atoms with Gasteiger partial charge in [-0.05, 0) is 31.4 Å². The molecule has 0 amide bonds. The van der Waals surface area contributed by atoms with Crippen LogP contribution in [0.5, 0.6) is 0 Å². The quantitative estimate of drug-likeness (QED) is 0.937. The zero-order chi connectivity index (χ0) is 14.8. The Hall–Kier alpha value is -1.72. The van der Waals surface area contributed by atoms with E-state index in [0.717, 1.165) is 25.1 Å². The Bertz CT molecular complexity index is 593. The Balaban J connectivity index is 1.66. The summed E-state index contributed by atoms with van der Waals surface area (Å²) in [5, 5.41) is 8.31. The van der Waals surface area contributed by atoms with E-state index >= 15 is 0 Å². The molecule has 2 aromatic rings. The molecule has 2 heterocycles. The number of benzene rings is 1. The number of nitrogens with two attached hydrogens (primary N) is 1. The highest BCUT2D eigenvalue weighted by molar-refractivity contribution is 5.52. The smallest absolute Gasteiger partial charge is 0.247 e. The van der Waals surface area contributed by atoms with Gasteiger partial charge in [0, 0.05) is 24.7 Å². The van der Waals surface area contributed by atoms with Crippen LogP contribution >= 0.6 is 0 Å². The lowest BCUT2D eigenvalue weighted by Gasteiger charge is -2.34. The molecule has 2 atom stereocenters. The van der Waals surface area contributed by atoms with Gasteiger partial charge in [-0.1, -0.05) is 24.6 Å². The Labute approximate surface area is 125 Å². The van der Waals surface area contributed by atoms with Crippen LogP contribution < -0.4 is 5.73 Å². The Morgan fingerprint density at radius 2 is 2.05 bits per heavy atom. The molecule has 1 aromatic heterocycles. The number of hydrogen-bond donors (Lipinski definition) is 1. The molecule has 1 aliphatic rings. The number of likely N-dealkylation sites (tertiary alicyclic amines) is 1. The summed E-state index contributed by atoms with van der Waals surface area (Å²) in [5.74, 6) is 1.78. The topological polar surface area (TPSA) is 68.2 Å². The van der Waals surface area contributed by atoms with Crippen LogP contribution in [0.15, 0.2) is 28.7 Å². The van der Waals surface area contributed by atoms with E-state index in [-0.39, 0.29) is 0 Å². The molecule has 0 saturated carbocycles. The normalized spacial score (nSPS) is 23.4. The number of rotatable bonds is 3. The largest absolute Gasteiger partial charge is 0.419 e. The standard InChI is InChI=1S/C16H22N4O/c1-11-3-5-13(6-4-11)16-19-18-15(21-16)10-20-8-7-14(17)12(2)9-20/h3-6,12,14H,7-10,17H2,1-2H3. The van der Waals surface area contributed by atoms with Crippen molar-refractivity contribution in [3.8, 4) is 11.5 Å². The van der Waals surface area contributed by atoms with Crippen LogP contribution in [0.1, 0.15) is 24.8 Å². The first-order chi connectivity index (χ1) is 10.1. The maximum Gasteiger partial charge on any atom is 0.247 e. The fourth-order valence-corrected chi connectivity index (χ4v) is 2.72. The molecule has 1 saturated heterocycles. The van der Waals surface area contributed by atoms with Crippen molar-refractivity contribution < 1.29 is 4.42 Å². The second-order valence-corrected chi connectivity index (χ2v) is 6.03. The minimum Gasteiger partial charge on any atom is -0.419 e. The fraction of sp³-hybridized carbons (Fsp3) is 0.500. The van der Waals surface area contributed by atoms with Crippen LogP contribution in [0.4, 0.5) is 0 Å². The number of piperidine rings is 1. The van der Waals surface area contributed by atoms with Gasteiger partial charge in [0.1, 0.15) is 0 Å². The fourth-order valence-electron chi connectivity index (χ4n) is 2.72. The molecule has 112 valence electrons. The SMILES string of the molecule is Cc1ccc(-c2nnc(CN3CCC(N)C(C)C3)o2)cc1. The van der Waals surface area contributed by atoms with Crippen molar-refractivity contribution in [3.63, 3.8) is 0 Å². The average molecular weight is 286 g/mol. The summed E-state index contributed by atoms with van der Waals surface area (Å²) in [7, 11) is 0. The lowest BCUT2D eigenvalue weighted by molar-refractivity contribution is 0.146. The molecule has 5 nitrogen and oxygen atoms in total. The summed E-state index contributed by atoms with van der Waals surface area (Å²) in [6.45, 7) is 6.95. The highest BCUT2D eigenvalue weighted by atomic mass is 16.4. The molecule has 2 N–H and O–H groups in total. The third-order valence-electron chi connectivity index (χ3n) is 4.18. The highest BCUT2D eigenvalue weighted by Crippen LogP contribution is 2.21. The lowest BCUT2D eigenvalue weighted by Crippen LogP contribution is -2.45. The maximum atomic E-state index is 6.05. The zero-order valence-electron chi connectivity index (χ0n) is 12.6. The van der Waals surface area contributed by atoms with E-state index in [0.29, 0.717) is 30.3 Å². The molecule has 0 radical (unpaired) electrons. The van der Waals surface area contributed by atoms with Crippen LogP contribution in [0.25, 0.3) is 11.5 Å². The third kappa shape index (κ3) is 3.31. The molecule has 2 unspecified atom stereocenters. The minimum absolute atomic E-state index is 0.312. The Morgan fingerprint density at radius 3 is 2.76 bits per heavy atom. The van der Waals surface area contributed by atoms with Gasteiger partial charge in [0.2, 0.25) is 11.8 Å². The van der Waals surface area contributed by atoms with Crippen molar-refractivity contribution in [2.24, 2.45) is 11.7 Å². The summed E-state index contributed by atoms with van der Waals surface area (Å²) in [4.78, 5) is 2.33. The van der Waals surface area contributed by atoms with E-state index in [4.69, 9.17) is 10.2 Å². The predicted molar refractivity (Wildman–Crippen MR) is 81.5 cm³/mol. The molecule has 0 bridgehead atoms. The summed E-state index contributed by atoms with van der Waals surface area (Å²) in [6.07, 6.45) is 1.03. The summed E-state index contributed by atoms with van der Waals surface area (Å²) >= 11 is 0. The molecule has 0 spiro atoms. The monoisotopic (exact) mass is 286 g/mol. The Kier molecular flexibility index (Phi) is 4.03.